The van der Waals surface area contributed by atoms with Gasteiger partial charge in [-0.15, -0.1) is 0 Å². The van der Waals surface area contributed by atoms with Gasteiger partial charge in [-0.2, -0.15) is 0 Å². The van der Waals surface area contributed by atoms with Crippen LogP contribution in [-0.4, -0.2) is 70.8 Å². The minimum absolute atomic E-state index is 0.175. The van der Waals surface area contributed by atoms with E-state index in [9.17, 15) is 8.42 Å². The number of nitrogens with zero attached hydrogens (tertiary/aromatic N) is 6. The summed E-state index contributed by atoms with van der Waals surface area (Å²) in [7, 11) is -3.78. The highest BCUT2D eigenvalue weighted by Crippen LogP contribution is 2.36. The standard InChI is InChI=1S/C27H29F2N7O2S/c1-2-13-39(37,38)33-22-6-5-21(28)27(25(22)29)36-16-20(18-14-30-17-31-15-18)26-23(36)7-8-24(32-26)35-11-9-34(10-12-35)19-3-4-19/h5-8,14-17,19,33H,2-4,9-13H2,1H3. The van der Waals surface area contributed by atoms with Gasteiger partial charge in [0.05, 0.1) is 22.5 Å². The molecule has 1 saturated heterocycles. The molecular formula is C27H29F2N7O2S. The fourth-order valence-corrected chi connectivity index (χ4v) is 6.32. The van der Waals surface area contributed by atoms with Gasteiger partial charge >= 0.3 is 0 Å². The lowest BCUT2D eigenvalue weighted by molar-refractivity contribution is 0.247. The molecule has 0 bridgehead atoms. The second kappa shape index (κ2) is 10.2. The van der Waals surface area contributed by atoms with Crippen LogP contribution in [0.15, 0.2) is 49.2 Å². The van der Waals surface area contributed by atoms with Gasteiger partial charge in [-0.05, 0) is 43.5 Å². The first-order valence-electron chi connectivity index (χ1n) is 13.1. The molecule has 9 nitrogen and oxygen atoms in total. The van der Waals surface area contributed by atoms with Crippen LogP contribution in [0.5, 0.6) is 0 Å². The molecule has 1 aliphatic carbocycles. The second-order valence-corrected chi connectivity index (χ2v) is 11.9. The van der Waals surface area contributed by atoms with Crippen molar-refractivity contribution in [1.82, 2.24) is 24.4 Å². The highest BCUT2D eigenvalue weighted by atomic mass is 32.2. The molecular weight excluding hydrogens is 524 g/mol. The Bertz CT molecular complexity index is 1620. The van der Waals surface area contributed by atoms with Gasteiger partial charge in [-0.25, -0.2) is 32.2 Å². The number of benzene rings is 1. The third-order valence-electron chi connectivity index (χ3n) is 7.25. The van der Waals surface area contributed by atoms with Crippen LogP contribution in [0, 0.1) is 11.6 Å². The first kappa shape index (κ1) is 25.6. The van der Waals surface area contributed by atoms with Gasteiger partial charge in [-0.1, -0.05) is 6.92 Å². The summed E-state index contributed by atoms with van der Waals surface area (Å²) in [4.78, 5) is 17.9. The number of aromatic nitrogens is 4. The van der Waals surface area contributed by atoms with Crippen LogP contribution in [0.2, 0.25) is 0 Å². The molecule has 6 rings (SSSR count). The van der Waals surface area contributed by atoms with Crippen molar-refractivity contribution in [3.63, 3.8) is 0 Å². The van der Waals surface area contributed by atoms with Crippen LogP contribution in [0.3, 0.4) is 0 Å². The maximum absolute atomic E-state index is 15.8. The lowest BCUT2D eigenvalue weighted by Crippen LogP contribution is -2.47. The minimum Gasteiger partial charge on any atom is -0.354 e. The molecule has 204 valence electrons. The molecule has 2 fully saturated rings. The number of hydrogen-bond acceptors (Lipinski definition) is 7. The molecule has 0 spiro atoms. The van der Waals surface area contributed by atoms with Crippen molar-refractivity contribution in [2.24, 2.45) is 0 Å². The zero-order valence-electron chi connectivity index (χ0n) is 21.5. The molecule has 0 radical (unpaired) electrons. The Hall–Kier alpha value is -3.64. The fourth-order valence-electron chi connectivity index (χ4n) is 5.19. The molecule has 12 heteroatoms. The van der Waals surface area contributed by atoms with Crippen molar-refractivity contribution in [2.45, 2.75) is 32.2 Å². The Morgan fingerprint density at radius 3 is 2.46 bits per heavy atom. The van der Waals surface area contributed by atoms with Crippen LogP contribution in [0.25, 0.3) is 27.8 Å². The van der Waals surface area contributed by atoms with Crippen molar-refractivity contribution in [3.05, 3.63) is 60.8 Å². The van der Waals surface area contributed by atoms with Crippen molar-refractivity contribution in [2.75, 3.05) is 41.6 Å². The highest BCUT2D eigenvalue weighted by Gasteiger charge is 2.31. The van der Waals surface area contributed by atoms with E-state index in [1.54, 1.807) is 31.6 Å². The van der Waals surface area contributed by atoms with Crippen molar-refractivity contribution < 1.29 is 17.2 Å². The summed E-state index contributed by atoms with van der Waals surface area (Å²) in [6, 6.07) is 6.52. The average Bonchev–Trinajstić information content (AvgIpc) is 3.72. The average molecular weight is 554 g/mol. The summed E-state index contributed by atoms with van der Waals surface area (Å²) in [5.74, 6) is -1.23. The molecule has 0 unspecified atom stereocenters. The molecule has 1 aliphatic heterocycles. The third-order valence-corrected chi connectivity index (χ3v) is 8.73. The van der Waals surface area contributed by atoms with E-state index in [4.69, 9.17) is 4.98 Å². The number of nitrogens with one attached hydrogen (secondary N) is 1. The number of hydrogen-bond donors (Lipinski definition) is 1. The first-order valence-corrected chi connectivity index (χ1v) is 14.7. The number of fused-ring (bicyclic) bond motifs is 1. The molecule has 1 N–H and O–H groups in total. The van der Waals surface area contributed by atoms with Gasteiger partial charge in [0.15, 0.2) is 5.82 Å². The summed E-state index contributed by atoms with van der Waals surface area (Å²) < 4.78 is 59.3. The van der Waals surface area contributed by atoms with E-state index in [-0.39, 0.29) is 11.4 Å². The van der Waals surface area contributed by atoms with Crippen molar-refractivity contribution >= 4 is 32.6 Å². The van der Waals surface area contributed by atoms with E-state index in [2.05, 4.69) is 24.5 Å². The lowest BCUT2D eigenvalue weighted by Gasteiger charge is -2.35. The summed E-state index contributed by atoms with van der Waals surface area (Å²) in [5, 5.41) is 0. The van der Waals surface area contributed by atoms with E-state index in [1.165, 1.54) is 23.7 Å². The fraction of sp³-hybridized carbons (Fsp3) is 0.370. The number of halogens is 2. The van der Waals surface area contributed by atoms with Crippen molar-refractivity contribution in [3.8, 4) is 16.8 Å². The number of anilines is 2. The quantitative estimate of drug-likeness (QED) is 0.349. The zero-order valence-corrected chi connectivity index (χ0v) is 22.3. The Labute approximate surface area is 225 Å². The SMILES string of the molecule is CCCS(=O)(=O)Nc1ccc(F)c(-n2cc(-c3cncnc3)c3nc(N4CCN(C5CC5)CC4)ccc32)c1F. The Morgan fingerprint density at radius 2 is 1.77 bits per heavy atom. The summed E-state index contributed by atoms with van der Waals surface area (Å²) >= 11 is 0. The largest absolute Gasteiger partial charge is 0.354 e. The summed E-state index contributed by atoms with van der Waals surface area (Å²) in [6.07, 6.45) is 9.15. The monoisotopic (exact) mass is 553 g/mol. The van der Waals surface area contributed by atoms with E-state index in [0.29, 0.717) is 34.6 Å². The van der Waals surface area contributed by atoms with Gasteiger partial charge in [0.25, 0.3) is 0 Å². The molecule has 0 atom stereocenters. The Kier molecular flexibility index (Phi) is 6.67. The molecule has 1 aromatic carbocycles. The summed E-state index contributed by atoms with van der Waals surface area (Å²) in [5.41, 5.74) is 1.56. The second-order valence-electron chi connectivity index (χ2n) is 10.0. The highest BCUT2D eigenvalue weighted by molar-refractivity contribution is 7.92. The Morgan fingerprint density at radius 1 is 1.03 bits per heavy atom. The molecule has 3 aromatic heterocycles. The predicted molar refractivity (Wildman–Crippen MR) is 147 cm³/mol. The molecule has 4 aromatic rings. The third kappa shape index (κ3) is 5.06. The van der Waals surface area contributed by atoms with Crippen LogP contribution < -0.4 is 9.62 Å². The number of rotatable bonds is 8. The van der Waals surface area contributed by atoms with Gasteiger partial charge in [0.2, 0.25) is 10.0 Å². The molecule has 0 amide bonds. The van der Waals surface area contributed by atoms with E-state index in [0.717, 1.165) is 44.1 Å². The molecule has 1 saturated carbocycles. The lowest BCUT2D eigenvalue weighted by atomic mass is 10.1. The maximum atomic E-state index is 15.8. The van der Waals surface area contributed by atoms with Gasteiger partial charge in [0.1, 0.15) is 23.6 Å². The molecule has 2 aliphatic rings. The smallest absolute Gasteiger partial charge is 0.232 e. The van der Waals surface area contributed by atoms with Crippen LogP contribution in [0.1, 0.15) is 26.2 Å². The maximum Gasteiger partial charge on any atom is 0.232 e. The minimum atomic E-state index is -3.78. The number of piperazine rings is 1. The van der Waals surface area contributed by atoms with E-state index >= 15 is 8.78 Å². The van der Waals surface area contributed by atoms with E-state index in [1.807, 2.05) is 6.07 Å². The molecule has 4 heterocycles. The van der Waals surface area contributed by atoms with Gasteiger partial charge in [-0.3, -0.25) is 9.62 Å². The van der Waals surface area contributed by atoms with E-state index < -0.39 is 27.3 Å². The van der Waals surface area contributed by atoms with Crippen LogP contribution in [0.4, 0.5) is 20.3 Å². The predicted octanol–water partition coefficient (Wildman–Crippen LogP) is 4.20. The summed E-state index contributed by atoms with van der Waals surface area (Å²) in [6.45, 7) is 5.36. The van der Waals surface area contributed by atoms with Crippen LogP contribution >= 0.6 is 0 Å². The Balaban J connectivity index is 1.45. The first-order chi connectivity index (χ1) is 18.8. The van der Waals surface area contributed by atoms with Crippen molar-refractivity contribution in [1.29, 1.82) is 0 Å². The number of sulfonamides is 1. The molecule has 39 heavy (non-hydrogen) atoms. The number of pyridine rings is 1. The van der Waals surface area contributed by atoms with Crippen LogP contribution in [-0.2, 0) is 10.0 Å². The van der Waals surface area contributed by atoms with Gasteiger partial charge in [0, 0.05) is 61.9 Å². The van der Waals surface area contributed by atoms with Gasteiger partial charge < -0.3 is 9.47 Å². The zero-order chi connectivity index (χ0) is 27.1. The topological polar surface area (TPSA) is 96.2 Å². The normalized spacial score (nSPS) is 16.6.